The van der Waals surface area contributed by atoms with Crippen molar-refractivity contribution in [3.05, 3.63) is 35.9 Å². The van der Waals surface area contributed by atoms with Gasteiger partial charge in [0, 0.05) is 27.2 Å². The second-order valence-electron chi connectivity index (χ2n) is 8.70. The first-order valence-electron chi connectivity index (χ1n) is 9.49. The number of hydrogen-bond acceptors (Lipinski definition) is 2. The quantitative estimate of drug-likeness (QED) is 0.892. The summed E-state index contributed by atoms with van der Waals surface area (Å²) in [5.74, 6) is -0.0850. The van der Waals surface area contributed by atoms with Crippen molar-refractivity contribution in [1.29, 1.82) is 0 Å². The maximum atomic E-state index is 12.9. The summed E-state index contributed by atoms with van der Waals surface area (Å²) in [7, 11) is 3.50. The van der Waals surface area contributed by atoms with Crippen LogP contribution < -0.4 is 5.32 Å². The first kappa shape index (κ1) is 20.3. The van der Waals surface area contributed by atoms with Crippen LogP contribution in [-0.2, 0) is 4.79 Å². The molecule has 2 rings (SSSR count). The van der Waals surface area contributed by atoms with E-state index in [4.69, 9.17) is 0 Å². The molecule has 1 aromatic carbocycles. The van der Waals surface area contributed by atoms with Crippen LogP contribution in [0.5, 0.6) is 0 Å². The maximum absolute atomic E-state index is 12.9. The predicted octanol–water partition coefficient (Wildman–Crippen LogP) is 3.67. The van der Waals surface area contributed by atoms with Crippen LogP contribution in [0.4, 0.5) is 4.79 Å². The van der Waals surface area contributed by atoms with Gasteiger partial charge in [0.15, 0.2) is 0 Å². The van der Waals surface area contributed by atoms with Gasteiger partial charge in [-0.05, 0) is 30.2 Å². The number of likely N-dealkylation sites (tertiary alicyclic amines) is 1. The Morgan fingerprint density at radius 2 is 1.88 bits per heavy atom. The highest BCUT2D eigenvalue weighted by Gasteiger charge is 2.31. The number of nitrogens with zero attached hydrogens (tertiary/aromatic N) is 2. The highest BCUT2D eigenvalue weighted by molar-refractivity contribution is 5.81. The molecule has 0 aromatic heterocycles. The lowest BCUT2D eigenvalue weighted by Gasteiger charge is -2.35. The van der Waals surface area contributed by atoms with Gasteiger partial charge in [0.1, 0.15) is 0 Å². The molecule has 0 saturated carbocycles. The Labute approximate surface area is 157 Å². The molecule has 26 heavy (non-hydrogen) atoms. The van der Waals surface area contributed by atoms with Gasteiger partial charge in [-0.1, -0.05) is 51.1 Å². The first-order valence-corrected chi connectivity index (χ1v) is 9.49. The van der Waals surface area contributed by atoms with Crippen molar-refractivity contribution in [3.63, 3.8) is 0 Å². The van der Waals surface area contributed by atoms with Crippen LogP contribution >= 0.6 is 0 Å². The number of urea groups is 1. The van der Waals surface area contributed by atoms with Crippen LogP contribution in [0.3, 0.4) is 0 Å². The van der Waals surface area contributed by atoms with E-state index in [1.165, 1.54) is 0 Å². The van der Waals surface area contributed by atoms with Crippen molar-refractivity contribution in [1.82, 2.24) is 15.1 Å². The number of benzene rings is 1. The Kier molecular flexibility index (Phi) is 6.68. The standard InChI is InChI=1S/C21H33N3O2/c1-21(2,3)14-18(16-10-7-6-8-11-16)22-19(25)17-12-9-13-24(15-17)20(26)23(4)5/h6-8,10-11,17-18H,9,12-15H2,1-5H3,(H,22,25)/t17-,18-/m0/s1. The summed E-state index contributed by atoms with van der Waals surface area (Å²) in [6.45, 7) is 7.79. The number of piperidine rings is 1. The minimum atomic E-state index is -0.140. The Morgan fingerprint density at radius 1 is 1.23 bits per heavy atom. The zero-order valence-corrected chi connectivity index (χ0v) is 16.8. The molecule has 1 N–H and O–H groups in total. The smallest absolute Gasteiger partial charge is 0.319 e. The van der Waals surface area contributed by atoms with Crippen molar-refractivity contribution in [3.8, 4) is 0 Å². The largest absolute Gasteiger partial charge is 0.349 e. The van der Waals surface area contributed by atoms with Crippen LogP contribution in [0, 0.1) is 11.3 Å². The van der Waals surface area contributed by atoms with Crippen LogP contribution in [0.1, 0.15) is 51.6 Å². The van der Waals surface area contributed by atoms with Crippen LogP contribution in [-0.4, -0.2) is 48.9 Å². The Morgan fingerprint density at radius 3 is 2.46 bits per heavy atom. The fourth-order valence-electron chi connectivity index (χ4n) is 3.49. The molecule has 5 nitrogen and oxygen atoms in total. The SMILES string of the molecule is CN(C)C(=O)N1CCC[C@H](C(=O)N[C@@H](CC(C)(C)C)c2ccccc2)C1. The zero-order chi connectivity index (χ0) is 19.3. The van der Waals surface area contributed by atoms with E-state index < -0.39 is 0 Å². The van der Waals surface area contributed by atoms with Gasteiger partial charge in [0.05, 0.1) is 12.0 Å². The van der Waals surface area contributed by atoms with Crippen molar-refractivity contribution < 1.29 is 9.59 Å². The molecule has 2 atom stereocenters. The van der Waals surface area contributed by atoms with Gasteiger partial charge in [0.2, 0.25) is 5.91 Å². The Bertz CT molecular complexity index is 607. The maximum Gasteiger partial charge on any atom is 0.319 e. The minimum absolute atomic E-state index is 0.0105. The van der Waals surface area contributed by atoms with Gasteiger partial charge in [-0.15, -0.1) is 0 Å². The van der Waals surface area contributed by atoms with E-state index in [1.807, 2.05) is 18.2 Å². The van der Waals surface area contributed by atoms with Gasteiger partial charge in [-0.25, -0.2) is 4.79 Å². The number of hydrogen-bond donors (Lipinski definition) is 1. The average molecular weight is 360 g/mol. The molecule has 1 aliphatic heterocycles. The van der Waals surface area contributed by atoms with Crippen LogP contribution in [0.25, 0.3) is 0 Å². The highest BCUT2D eigenvalue weighted by Crippen LogP contribution is 2.30. The third-order valence-corrected chi connectivity index (χ3v) is 4.78. The molecule has 1 saturated heterocycles. The average Bonchev–Trinajstić information content (AvgIpc) is 2.60. The van der Waals surface area contributed by atoms with Crippen molar-refractivity contribution >= 4 is 11.9 Å². The monoisotopic (exact) mass is 359 g/mol. The number of carbonyl (C=O) groups excluding carboxylic acids is 2. The molecular weight excluding hydrogens is 326 g/mol. The molecule has 0 unspecified atom stereocenters. The second-order valence-corrected chi connectivity index (χ2v) is 8.70. The van der Waals surface area contributed by atoms with E-state index in [9.17, 15) is 9.59 Å². The summed E-state index contributed by atoms with van der Waals surface area (Å²) >= 11 is 0. The molecule has 1 heterocycles. The Hall–Kier alpha value is -2.04. The second kappa shape index (κ2) is 8.56. The molecule has 0 bridgehead atoms. The van der Waals surface area contributed by atoms with Gasteiger partial charge >= 0.3 is 6.03 Å². The lowest BCUT2D eigenvalue weighted by Crippen LogP contribution is -2.49. The fourth-order valence-corrected chi connectivity index (χ4v) is 3.49. The van der Waals surface area contributed by atoms with Gasteiger partial charge in [-0.2, -0.15) is 0 Å². The summed E-state index contributed by atoms with van der Waals surface area (Å²) in [6, 6.07) is 10.1. The topological polar surface area (TPSA) is 52.7 Å². The lowest BCUT2D eigenvalue weighted by molar-refractivity contribution is -0.127. The third kappa shape index (κ3) is 5.75. The molecule has 1 fully saturated rings. The van der Waals surface area contributed by atoms with Crippen LogP contribution in [0.15, 0.2) is 30.3 Å². The number of carbonyl (C=O) groups is 2. The van der Waals surface area contributed by atoms with Crippen molar-refractivity contribution in [2.24, 2.45) is 11.3 Å². The molecular formula is C21H33N3O2. The lowest BCUT2D eigenvalue weighted by atomic mass is 9.85. The van der Waals surface area contributed by atoms with E-state index >= 15 is 0 Å². The minimum Gasteiger partial charge on any atom is -0.349 e. The van der Waals surface area contributed by atoms with E-state index in [0.29, 0.717) is 6.54 Å². The first-order chi connectivity index (χ1) is 12.2. The molecule has 1 aromatic rings. The van der Waals surface area contributed by atoms with E-state index in [1.54, 1.807) is 23.9 Å². The van der Waals surface area contributed by atoms with E-state index in [-0.39, 0.29) is 29.3 Å². The summed E-state index contributed by atoms with van der Waals surface area (Å²) in [5.41, 5.74) is 1.24. The molecule has 0 radical (unpaired) electrons. The van der Waals surface area contributed by atoms with Gasteiger partial charge in [0.25, 0.3) is 0 Å². The summed E-state index contributed by atoms with van der Waals surface area (Å²) < 4.78 is 0. The Balaban J connectivity index is 2.07. The van der Waals surface area contributed by atoms with E-state index in [0.717, 1.165) is 31.4 Å². The normalized spacial score (nSPS) is 19.0. The molecule has 0 aliphatic carbocycles. The number of nitrogens with one attached hydrogen (secondary N) is 1. The van der Waals surface area contributed by atoms with Crippen molar-refractivity contribution in [2.45, 2.75) is 46.1 Å². The molecule has 1 aliphatic rings. The summed E-state index contributed by atoms with van der Waals surface area (Å²) in [4.78, 5) is 28.5. The summed E-state index contributed by atoms with van der Waals surface area (Å²) in [6.07, 6.45) is 2.57. The van der Waals surface area contributed by atoms with Gasteiger partial charge in [-0.3, -0.25) is 4.79 Å². The highest BCUT2D eigenvalue weighted by atomic mass is 16.2. The fraction of sp³-hybridized carbons (Fsp3) is 0.619. The molecule has 0 spiro atoms. The third-order valence-electron chi connectivity index (χ3n) is 4.78. The molecule has 144 valence electrons. The number of rotatable bonds is 4. The number of amides is 3. The van der Waals surface area contributed by atoms with E-state index in [2.05, 4.69) is 38.2 Å². The molecule has 3 amide bonds. The van der Waals surface area contributed by atoms with Crippen LogP contribution in [0.2, 0.25) is 0 Å². The molecule has 5 heteroatoms. The van der Waals surface area contributed by atoms with Gasteiger partial charge < -0.3 is 15.1 Å². The van der Waals surface area contributed by atoms with Crippen molar-refractivity contribution in [2.75, 3.05) is 27.2 Å². The zero-order valence-electron chi connectivity index (χ0n) is 16.8. The predicted molar refractivity (Wildman–Crippen MR) is 105 cm³/mol. The summed E-state index contributed by atoms with van der Waals surface area (Å²) in [5, 5.41) is 3.26.